The number of carbonyl (C=O) groups excluding carboxylic acids is 1. The minimum absolute atomic E-state index is 0.134. The van der Waals surface area contributed by atoms with Crippen LogP contribution in [0.3, 0.4) is 0 Å². The van der Waals surface area contributed by atoms with E-state index in [0.29, 0.717) is 18.1 Å². The summed E-state index contributed by atoms with van der Waals surface area (Å²) in [6.07, 6.45) is 0. The number of nitrogen functional groups attached to an aromatic ring is 1. The zero-order valence-electron chi connectivity index (χ0n) is 10.2. The Morgan fingerprint density at radius 3 is 3.11 bits per heavy atom. The number of rotatable bonds is 0. The molecule has 0 saturated carbocycles. The van der Waals surface area contributed by atoms with Crippen LogP contribution in [0.15, 0.2) is 17.2 Å². The fourth-order valence-electron chi connectivity index (χ4n) is 2.19. The number of carbonyl (C=O) groups is 1. The van der Waals surface area contributed by atoms with E-state index in [2.05, 4.69) is 10.5 Å². The lowest BCUT2D eigenvalue weighted by atomic mass is 10.1. The molecule has 2 aliphatic heterocycles. The van der Waals surface area contributed by atoms with Gasteiger partial charge in [-0.25, -0.2) is 5.43 Å². The fourth-order valence-corrected chi connectivity index (χ4v) is 2.19. The van der Waals surface area contributed by atoms with E-state index in [1.807, 2.05) is 30.9 Å². The fraction of sp³-hybridized carbons (Fsp3) is 0.333. The van der Waals surface area contributed by atoms with Crippen LogP contribution in [-0.4, -0.2) is 24.4 Å². The molecular weight excluding hydrogens is 232 g/mol. The normalized spacial score (nSPS) is 21.4. The Kier molecular flexibility index (Phi) is 2.19. The maximum atomic E-state index is 11.7. The van der Waals surface area contributed by atoms with Crippen LogP contribution in [0, 0.1) is 6.92 Å². The first-order valence-electron chi connectivity index (χ1n) is 5.76. The van der Waals surface area contributed by atoms with Crippen LogP contribution in [0.2, 0.25) is 0 Å². The summed E-state index contributed by atoms with van der Waals surface area (Å²) in [5.41, 5.74) is 10.8. The molecule has 18 heavy (non-hydrogen) atoms. The summed E-state index contributed by atoms with van der Waals surface area (Å²) >= 11 is 0. The molecule has 2 heterocycles. The Morgan fingerprint density at radius 2 is 2.33 bits per heavy atom. The van der Waals surface area contributed by atoms with E-state index in [-0.39, 0.29) is 11.9 Å². The number of hydrazone groups is 1. The monoisotopic (exact) mass is 246 g/mol. The Balaban J connectivity index is 2.16. The number of ether oxygens (including phenoxy) is 1. The summed E-state index contributed by atoms with van der Waals surface area (Å²) in [5, 5.41) is 4.01. The predicted molar refractivity (Wildman–Crippen MR) is 68.6 cm³/mol. The van der Waals surface area contributed by atoms with Crippen LogP contribution in [0.1, 0.15) is 12.5 Å². The maximum Gasteiger partial charge on any atom is 0.262 e. The van der Waals surface area contributed by atoms with Gasteiger partial charge in [-0.1, -0.05) is 0 Å². The predicted octanol–water partition coefficient (Wildman–Crippen LogP) is 0.608. The molecule has 1 aromatic rings. The summed E-state index contributed by atoms with van der Waals surface area (Å²) in [7, 11) is 0. The van der Waals surface area contributed by atoms with Crippen molar-refractivity contribution in [2.45, 2.75) is 19.9 Å². The summed E-state index contributed by atoms with van der Waals surface area (Å²) in [4.78, 5) is 13.5. The van der Waals surface area contributed by atoms with Crippen molar-refractivity contribution in [1.29, 1.82) is 0 Å². The highest BCUT2D eigenvalue weighted by Crippen LogP contribution is 2.37. The van der Waals surface area contributed by atoms with Gasteiger partial charge in [0.15, 0.2) is 5.84 Å². The smallest absolute Gasteiger partial charge is 0.262 e. The van der Waals surface area contributed by atoms with Crippen molar-refractivity contribution in [2.24, 2.45) is 5.10 Å². The van der Waals surface area contributed by atoms with Crippen molar-refractivity contribution in [3.8, 4) is 5.75 Å². The van der Waals surface area contributed by atoms with Gasteiger partial charge in [-0.05, 0) is 31.5 Å². The molecule has 0 fully saturated rings. The van der Waals surface area contributed by atoms with Gasteiger partial charge in [0.05, 0.1) is 5.69 Å². The molecule has 0 aliphatic carbocycles. The lowest BCUT2D eigenvalue weighted by Crippen LogP contribution is -2.55. The van der Waals surface area contributed by atoms with Crippen LogP contribution in [0.5, 0.6) is 5.75 Å². The second-order valence-electron chi connectivity index (χ2n) is 4.52. The van der Waals surface area contributed by atoms with E-state index < -0.39 is 0 Å². The second kappa shape index (κ2) is 3.63. The van der Waals surface area contributed by atoms with E-state index in [9.17, 15) is 4.79 Å². The number of anilines is 2. The molecule has 1 atom stereocenters. The largest absolute Gasteiger partial charge is 0.483 e. The highest BCUT2D eigenvalue weighted by atomic mass is 16.5. The molecule has 0 radical (unpaired) electrons. The van der Waals surface area contributed by atoms with Crippen molar-refractivity contribution in [1.82, 2.24) is 5.43 Å². The molecule has 0 spiro atoms. The van der Waals surface area contributed by atoms with Crippen LogP contribution in [0.4, 0.5) is 11.4 Å². The van der Waals surface area contributed by atoms with E-state index >= 15 is 0 Å². The SMILES string of the molecule is Cc1cc2c(cc1N)N1C(=NNC(=O)C1C)CO2. The molecular formula is C12H14N4O2. The van der Waals surface area contributed by atoms with Gasteiger partial charge in [0.1, 0.15) is 18.4 Å². The Labute approximate surface area is 104 Å². The van der Waals surface area contributed by atoms with E-state index in [4.69, 9.17) is 10.5 Å². The van der Waals surface area contributed by atoms with Gasteiger partial charge in [-0.15, -0.1) is 0 Å². The Morgan fingerprint density at radius 1 is 1.56 bits per heavy atom. The first-order valence-corrected chi connectivity index (χ1v) is 5.76. The van der Waals surface area contributed by atoms with Crippen LogP contribution < -0.4 is 20.8 Å². The van der Waals surface area contributed by atoms with E-state index in [0.717, 1.165) is 17.0 Å². The molecule has 1 unspecified atom stereocenters. The molecule has 94 valence electrons. The highest BCUT2D eigenvalue weighted by Gasteiger charge is 2.35. The number of nitrogens with zero attached hydrogens (tertiary/aromatic N) is 2. The van der Waals surface area contributed by atoms with E-state index in [1.165, 1.54) is 0 Å². The molecule has 6 heteroatoms. The average Bonchev–Trinajstić information content (AvgIpc) is 2.35. The molecule has 6 nitrogen and oxygen atoms in total. The molecule has 0 bridgehead atoms. The van der Waals surface area contributed by atoms with Crippen LogP contribution in [0.25, 0.3) is 0 Å². The zero-order valence-corrected chi connectivity index (χ0v) is 10.2. The number of nitrogens with two attached hydrogens (primary N) is 1. The minimum atomic E-state index is -0.317. The van der Waals surface area contributed by atoms with Crippen molar-refractivity contribution >= 4 is 23.1 Å². The van der Waals surface area contributed by atoms with Gasteiger partial charge >= 0.3 is 0 Å². The number of hydrogen-bond donors (Lipinski definition) is 2. The first kappa shape index (κ1) is 10.9. The number of aryl methyl sites for hydroxylation is 1. The van der Waals surface area contributed by atoms with Crippen molar-refractivity contribution in [2.75, 3.05) is 17.2 Å². The van der Waals surface area contributed by atoms with Crippen molar-refractivity contribution in [3.63, 3.8) is 0 Å². The number of amidine groups is 1. The lowest BCUT2D eigenvalue weighted by Gasteiger charge is -2.38. The summed E-state index contributed by atoms with van der Waals surface area (Å²) in [5.74, 6) is 1.30. The third-order valence-corrected chi connectivity index (χ3v) is 3.30. The summed E-state index contributed by atoms with van der Waals surface area (Å²) < 4.78 is 5.63. The van der Waals surface area contributed by atoms with Crippen molar-refractivity contribution < 1.29 is 9.53 Å². The quantitative estimate of drug-likeness (QED) is 0.657. The highest BCUT2D eigenvalue weighted by molar-refractivity contribution is 6.09. The molecule has 0 saturated heterocycles. The Hall–Kier alpha value is -2.24. The van der Waals surface area contributed by atoms with Gasteiger partial charge in [-0.2, -0.15) is 5.10 Å². The number of benzene rings is 1. The standard InChI is InChI=1S/C12H14N4O2/c1-6-3-10-9(4-8(6)13)16-7(2)12(17)15-14-11(16)5-18-10/h3-4,7H,5,13H2,1-2H3,(H,15,17). The van der Waals surface area contributed by atoms with Crippen LogP contribution >= 0.6 is 0 Å². The first-order chi connectivity index (χ1) is 8.58. The Bertz CT molecular complexity index is 567. The number of amides is 1. The van der Waals surface area contributed by atoms with E-state index in [1.54, 1.807) is 0 Å². The summed E-state index contributed by atoms with van der Waals surface area (Å²) in [6, 6.07) is 3.40. The molecule has 1 aromatic carbocycles. The van der Waals surface area contributed by atoms with Crippen LogP contribution in [-0.2, 0) is 4.79 Å². The van der Waals surface area contributed by atoms with Gasteiger partial charge in [0.25, 0.3) is 5.91 Å². The number of hydrogen-bond acceptors (Lipinski definition) is 5. The third-order valence-electron chi connectivity index (χ3n) is 3.30. The zero-order chi connectivity index (χ0) is 12.9. The number of nitrogens with one attached hydrogen (secondary N) is 1. The van der Waals surface area contributed by atoms with Gasteiger partial charge in [0, 0.05) is 5.69 Å². The lowest BCUT2D eigenvalue weighted by molar-refractivity contribution is -0.122. The van der Waals surface area contributed by atoms with Gasteiger partial charge < -0.3 is 15.4 Å². The average molecular weight is 246 g/mol. The number of fused-ring (bicyclic) bond motifs is 3. The molecule has 3 rings (SSSR count). The topological polar surface area (TPSA) is 80.0 Å². The molecule has 1 amide bonds. The molecule has 0 aromatic heterocycles. The minimum Gasteiger partial charge on any atom is -0.483 e. The molecule has 2 aliphatic rings. The second-order valence-corrected chi connectivity index (χ2v) is 4.52. The van der Waals surface area contributed by atoms with Gasteiger partial charge in [0.2, 0.25) is 0 Å². The molecule has 3 N–H and O–H groups in total. The van der Waals surface area contributed by atoms with Gasteiger partial charge in [-0.3, -0.25) is 4.79 Å². The summed E-state index contributed by atoms with van der Waals surface area (Å²) in [6.45, 7) is 4.10. The third kappa shape index (κ3) is 1.42. The maximum absolute atomic E-state index is 11.7. The van der Waals surface area contributed by atoms with Crippen molar-refractivity contribution in [3.05, 3.63) is 17.7 Å².